The van der Waals surface area contributed by atoms with Crippen LogP contribution < -0.4 is 24.8 Å². The lowest BCUT2D eigenvalue weighted by Crippen LogP contribution is -2.42. The van der Waals surface area contributed by atoms with Gasteiger partial charge in [0.1, 0.15) is 23.6 Å². The standard InChI is InChI=1S/C37H37F2N3O5/c1-45-32-20-27-29(21-33(32)46-22-36(13-14-36)42-26-4-2-3-5-26)40-17-12-30(27)47-31-11-6-23(18-28(31)39)19-34(43)37(15-16-37)35(44)41-25-9-7-24(38)8-10-25/h6-12,17-18,20-21,26,42H,2-5,13-16,19,22H2,1H3,(H,41,44). The van der Waals surface area contributed by atoms with Crippen molar-refractivity contribution in [2.75, 3.05) is 19.0 Å². The Balaban J connectivity index is 1.02. The first-order chi connectivity index (χ1) is 22.8. The number of nitrogens with one attached hydrogen (secondary N) is 2. The van der Waals surface area contributed by atoms with Gasteiger partial charge in [0.15, 0.2) is 28.8 Å². The van der Waals surface area contributed by atoms with Crippen LogP contribution in [0.3, 0.4) is 0 Å². The van der Waals surface area contributed by atoms with Crippen LogP contribution in [0.2, 0.25) is 0 Å². The summed E-state index contributed by atoms with van der Waals surface area (Å²) in [5, 5.41) is 7.13. The van der Waals surface area contributed by atoms with E-state index in [9.17, 15) is 14.0 Å². The van der Waals surface area contributed by atoms with Crippen LogP contribution in [0.1, 0.15) is 56.9 Å². The molecule has 4 aromatic rings. The molecular formula is C37H37F2N3O5. The molecule has 0 bridgehead atoms. The van der Waals surface area contributed by atoms with E-state index >= 15 is 4.39 Å². The van der Waals surface area contributed by atoms with E-state index in [2.05, 4.69) is 15.6 Å². The molecule has 47 heavy (non-hydrogen) atoms. The predicted molar refractivity (Wildman–Crippen MR) is 173 cm³/mol. The molecule has 3 aliphatic rings. The third-order valence-electron chi connectivity index (χ3n) is 9.61. The lowest BCUT2D eigenvalue weighted by molar-refractivity contribution is -0.132. The molecule has 0 spiro atoms. The smallest absolute Gasteiger partial charge is 0.238 e. The van der Waals surface area contributed by atoms with Crippen LogP contribution >= 0.6 is 0 Å². The Bertz CT molecular complexity index is 1820. The Kier molecular flexibility index (Phi) is 8.30. The monoisotopic (exact) mass is 641 g/mol. The summed E-state index contributed by atoms with van der Waals surface area (Å²) in [6.07, 6.45) is 9.46. The maximum Gasteiger partial charge on any atom is 0.238 e. The SMILES string of the molecule is COc1cc2c(Oc3ccc(CC(=O)C4(C(=O)Nc5ccc(F)cc5)CC4)cc3F)ccnc2cc1OCC1(NC2CCCC2)CC1. The predicted octanol–water partition coefficient (Wildman–Crippen LogP) is 7.29. The average Bonchev–Trinajstić information content (AvgIpc) is 3.99. The number of hydrogen-bond acceptors (Lipinski definition) is 7. The zero-order chi connectivity index (χ0) is 32.6. The number of nitrogens with zero attached hydrogens (tertiary/aromatic N) is 1. The van der Waals surface area contributed by atoms with Gasteiger partial charge < -0.3 is 24.8 Å². The largest absolute Gasteiger partial charge is 0.493 e. The fraction of sp³-hybridized carbons (Fsp3) is 0.378. The van der Waals surface area contributed by atoms with Gasteiger partial charge >= 0.3 is 0 Å². The van der Waals surface area contributed by atoms with Crippen LogP contribution in [0.5, 0.6) is 23.0 Å². The summed E-state index contributed by atoms with van der Waals surface area (Å²) in [7, 11) is 1.58. The molecule has 3 aliphatic carbocycles. The summed E-state index contributed by atoms with van der Waals surface area (Å²) in [4.78, 5) is 30.6. The molecule has 1 amide bonds. The molecular weight excluding hydrogens is 604 g/mol. The molecule has 3 saturated carbocycles. The van der Waals surface area contributed by atoms with Crippen LogP contribution in [-0.4, -0.2) is 42.0 Å². The lowest BCUT2D eigenvalue weighted by Gasteiger charge is -2.23. The van der Waals surface area contributed by atoms with Gasteiger partial charge in [0.25, 0.3) is 0 Å². The lowest BCUT2D eigenvalue weighted by atomic mass is 9.94. The fourth-order valence-corrected chi connectivity index (χ4v) is 6.44. The van der Waals surface area contributed by atoms with Crippen molar-refractivity contribution in [3.8, 4) is 23.0 Å². The second-order valence-corrected chi connectivity index (χ2v) is 13.0. The number of Topliss-reactive ketones (excluding diaryl/α,β-unsaturated/α-hetero) is 1. The summed E-state index contributed by atoms with van der Waals surface area (Å²) in [5.41, 5.74) is 0.301. The van der Waals surface area contributed by atoms with E-state index in [-0.39, 0.29) is 23.5 Å². The molecule has 3 fully saturated rings. The number of amides is 1. The minimum atomic E-state index is -1.16. The molecule has 0 aliphatic heterocycles. The number of carbonyl (C=O) groups is 2. The van der Waals surface area contributed by atoms with E-state index < -0.39 is 23.0 Å². The van der Waals surface area contributed by atoms with Crippen molar-refractivity contribution >= 4 is 28.3 Å². The van der Waals surface area contributed by atoms with Gasteiger partial charge in [0, 0.05) is 35.8 Å². The molecule has 3 aromatic carbocycles. The van der Waals surface area contributed by atoms with Crippen molar-refractivity contribution in [3.05, 3.63) is 84.1 Å². The van der Waals surface area contributed by atoms with E-state index in [1.54, 1.807) is 31.5 Å². The third-order valence-corrected chi connectivity index (χ3v) is 9.61. The van der Waals surface area contributed by atoms with Gasteiger partial charge in [-0.25, -0.2) is 8.78 Å². The molecule has 2 N–H and O–H groups in total. The Morgan fingerprint density at radius 1 is 0.894 bits per heavy atom. The highest BCUT2D eigenvalue weighted by atomic mass is 19.1. The molecule has 0 radical (unpaired) electrons. The van der Waals surface area contributed by atoms with E-state index in [0.717, 1.165) is 12.8 Å². The van der Waals surface area contributed by atoms with Crippen molar-refractivity contribution in [3.63, 3.8) is 0 Å². The molecule has 1 aromatic heterocycles. The maximum absolute atomic E-state index is 15.3. The van der Waals surface area contributed by atoms with E-state index in [4.69, 9.17) is 14.2 Å². The number of methoxy groups -OCH3 is 1. The molecule has 0 saturated heterocycles. The van der Waals surface area contributed by atoms with Crippen molar-refractivity contribution < 1.29 is 32.6 Å². The van der Waals surface area contributed by atoms with Crippen molar-refractivity contribution in [2.24, 2.45) is 5.41 Å². The molecule has 8 nitrogen and oxygen atoms in total. The first kappa shape index (κ1) is 31.1. The van der Waals surface area contributed by atoms with Crippen LogP contribution in [0.25, 0.3) is 10.9 Å². The zero-order valence-electron chi connectivity index (χ0n) is 26.2. The number of halogens is 2. The van der Waals surface area contributed by atoms with E-state index in [1.807, 2.05) is 6.07 Å². The van der Waals surface area contributed by atoms with Crippen LogP contribution in [-0.2, 0) is 16.0 Å². The highest BCUT2D eigenvalue weighted by Crippen LogP contribution is 2.48. The molecule has 10 heteroatoms. The minimum absolute atomic E-state index is 0.0112. The zero-order valence-corrected chi connectivity index (χ0v) is 26.2. The number of ether oxygens (including phenoxy) is 3. The van der Waals surface area contributed by atoms with Crippen molar-refractivity contribution in [2.45, 2.75) is 69.4 Å². The number of benzene rings is 3. The first-order valence-electron chi connectivity index (χ1n) is 16.2. The topological polar surface area (TPSA) is 98.8 Å². The number of fused-ring (bicyclic) bond motifs is 1. The van der Waals surface area contributed by atoms with Gasteiger partial charge in [-0.05, 0) is 92.6 Å². The summed E-state index contributed by atoms with van der Waals surface area (Å²) in [6, 6.07) is 15.5. The molecule has 7 rings (SSSR count). The van der Waals surface area contributed by atoms with Gasteiger partial charge in [-0.2, -0.15) is 0 Å². The highest BCUT2D eigenvalue weighted by Gasteiger charge is 2.55. The van der Waals surface area contributed by atoms with Crippen LogP contribution in [0.15, 0.2) is 66.9 Å². The number of ketones is 1. The summed E-state index contributed by atoms with van der Waals surface area (Å²) in [6.45, 7) is 0.543. The Labute approximate surface area is 271 Å². The number of hydrogen-bond donors (Lipinski definition) is 2. The Hall–Kier alpha value is -4.57. The third kappa shape index (κ3) is 6.65. The molecule has 244 valence electrons. The van der Waals surface area contributed by atoms with Gasteiger partial charge in [0.2, 0.25) is 5.91 Å². The fourth-order valence-electron chi connectivity index (χ4n) is 6.44. The number of carbonyl (C=O) groups excluding carboxylic acids is 2. The Morgan fingerprint density at radius 3 is 2.34 bits per heavy atom. The molecule has 0 unspecified atom stereocenters. The van der Waals surface area contributed by atoms with E-state index in [1.165, 1.54) is 62.1 Å². The number of pyridine rings is 1. The first-order valence-corrected chi connectivity index (χ1v) is 16.2. The minimum Gasteiger partial charge on any atom is -0.493 e. The second-order valence-electron chi connectivity index (χ2n) is 13.0. The number of aromatic nitrogens is 1. The number of rotatable bonds is 13. The summed E-state index contributed by atoms with van der Waals surface area (Å²) >= 11 is 0. The quantitative estimate of drug-likeness (QED) is 0.148. The summed E-state index contributed by atoms with van der Waals surface area (Å²) < 4.78 is 46.5. The van der Waals surface area contributed by atoms with Crippen molar-refractivity contribution in [1.82, 2.24) is 10.3 Å². The summed E-state index contributed by atoms with van der Waals surface area (Å²) in [5.74, 6) is -0.307. The van der Waals surface area contributed by atoms with Gasteiger partial charge in [-0.15, -0.1) is 0 Å². The van der Waals surface area contributed by atoms with Gasteiger partial charge in [-0.3, -0.25) is 14.6 Å². The average molecular weight is 642 g/mol. The Morgan fingerprint density at radius 2 is 1.66 bits per heavy atom. The molecule has 1 heterocycles. The molecule has 0 atom stereocenters. The maximum atomic E-state index is 15.3. The normalized spacial score (nSPS) is 17.7. The van der Waals surface area contributed by atoms with Crippen LogP contribution in [0, 0.1) is 17.0 Å². The van der Waals surface area contributed by atoms with Gasteiger partial charge in [-0.1, -0.05) is 18.9 Å². The second kappa shape index (κ2) is 12.6. The highest BCUT2D eigenvalue weighted by molar-refractivity contribution is 6.14. The van der Waals surface area contributed by atoms with Crippen molar-refractivity contribution in [1.29, 1.82) is 0 Å². The number of anilines is 1. The van der Waals surface area contributed by atoms with Gasteiger partial charge in [0.05, 0.1) is 18.2 Å². The van der Waals surface area contributed by atoms with E-state index in [0.29, 0.717) is 64.9 Å². The van der Waals surface area contributed by atoms with Crippen LogP contribution in [0.4, 0.5) is 14.5 Å².